The van der Waals surface area contributed by atoms with Crippen molar-refractivity contribution in [2.75, 3.05) is 12.9 Å². The van der Waals surface area contributed by atoms with Gasteiger partial charge in [0.1, 0.15) is 0 Å². The lowest BCUT2D eigenvalue weighted by Gasteiger charge is -2.06. The van der Waals surface area contributed by atoms with E-state index in [4.69, 9.17) is 4.74 Å². The summed E-state index contributed by atoms with van der Waals surface area (Å²) in [4.78, 5) is 0. The van der Waals surface area contributed by atoms with Gasteiger partial charge in [0.2, 0.25) is 11.0 Å². The quantitative estimate of drug-likeness (QED) is 0.652. The van der Waals surface area contributed by atoms with Crippen LogP contribution in [0.3, 0.4) is 0 Å². The molecular weight excluding hydrogens is 314 g/mol. The highest BCUT2D eigenvalue weighted by atomic mass is 32.2. The number of phenolic OH excluding ortho intramolecular Hbond substituents is 1. The minimum Gasteiger partial charge on any atom is -0.504 e. The lowest BCUT2D eigenvalue weighted by atomic mass is 10.2. The molecule has 1 heterocycles. The van der Waals surface area contributed by atoms with E-state index >= 15 is 0 Å². The molecule has 0 atom stereocenters. The maximum absolute atomic E-state index is 12.9. The number of benzene rings is 1. The summed E-state index contributed by atoms with van der Waals surface area (Å²) in [6.07, 6.45) is 0.292. The molecule has 0 saturated heterocycles. The summed E-state index contributed by atoms with van der Waals surface area (Å²) < 4.78 is 32.0. The molecule has 9 heteroatoms. The van der Waals surface area contributed by atoms with Crippen LogP contribution in [0.25, 0.3) is 0 Å². The number of aromatic nitrogens is 3. The van der Waals surface area contributed by atoms with Crippen molar-refractivity contribution in [2.24, 2.45) is 5.10 Å². The second kappa shape index (κ2) is 7.21. The van der Waals surface area contributed by atoms with Gasteiger partial charge in [0, 0.05) is 0 Å². The van der Waals surface area contributed by atoms with Crippen LogP contribution in [0.1, 0.15) is 24.7 Å². The van der Waals surface area contributed by atoms with Crippen molar-refractivity contribution < 1.29 is 18.6 Å². The summed E-state index contributed by atoms with van der Waals surface area (Å²) in [6.45, 7) is 2.18. The Kier molecular flexibility index (Phi) is 5.31. The molecule has 0 bridgehead atoms. The van der Waals surface area contributed by atoms with Crippen molar-refractivity contribution in [2.45, 2.75) is 18.5 Å². The van der Waals surface area contributed by atoms with Gasteiger partial charge in [0.05, 0.1) is 12.8 Å². The van der Waals surface area contributed by atoms with Gasteiger partial charge in [-0.1, -0.05) is 11.8 Å². The van der Waals surface area contributed by atoms with Crippen LogP contribution in [0, 0.1) is 0 Å². The molecule has 0 saturated carbocycles. The Morgan fingerprint density at radius 1 is 1.45 bits per heavy atom. The maximum atomic E-state index is 12.9. The van der Waals surface area contributed by atoms with E-state index in [0.29, 0.717) is 17.9 Å². The van der Waals surface area contributed by atoms with Gasteiger partial charge in [-0.05, 0) is 36.9 Å². The third-order valence-electron chi connectivity index (χ3n) is 2.62. The molecular formula is C13H14F2N4O2S. The van der Waals surface area contributed by atoms with E-state index in [0.717, 1.165) is 16.4 Å². The molecule has 0 aliphatic rings. The van der Waals surface area contributed by atoms with Crippen LogP contribution in [0.5, 0.6) is 11.5 Å². The highest BCUT2D eigenvalue weighted by molar-refractivity contribution is 7.98. The van der Waals surface area contributed by atoms with Gasteiger partial charge in [-0.3, -0.25) is 0 Å². The predicted octanol–water partition coefficient (Wildman–Crippen LogP) is 2.92. The molecule has 0 spiro atoms. The monoisotopic (exact) mass is 328 g/mol. The zero-order valence-electron chi connectivity index (χ0n) is 11.9. The first kappa shape index (κ1) is 16.2. The molecule has 1 aromatic carbocycles. The van der Waals surface area contributed by atoms with Crippen LogP contribution in [0.15, 0.2) is 28.5 Å². The molecule has 2 rings (SSSR count). The highest BCUT2D eigenvalue weighted by Crippen LogP contribution is 2.26. The Morgan fingerprint density at radius 3 is 2.86 bits per heavy atom. The normalized spacial score (nSPS) is 11.5. The fourth-order valence-electron chi connectivity index (χ4n) is 1.66. The summed E-state index contributed by atoms with van der Waals surface area (Å²) in [7, 11) is 0. The molecule has 1 aromatic heterocycles. The number of hydrogen-bond donors (Lipinski definition) is 1. The van der Waals surface area contributed by atoms with Crippen molar-refractivity contribution in [1.82, 2.24) is 14.9 Å². The van der Waals surface area contributed by atoms with Crippen molar-refractivity contribution in [3.05, 3.63) is 29.6 Å². The maximum Gasteiger partial charge on any atom is 0.299 e. The Labute approximate surface area is 129 Å². The minimum atomic E-state index is -2.77. The molecule has 1 N–H and O–H groups in total. The number of ether oxygens (including phenoxy) is 1. The van der Waals surface area contributed by atoms with Crippen LogP contribution >= 0.6 is 11.8 Å². The van der Waals surface area contributed by atoms with Crippen LogP contribution in [0.4, 0.5) is 8.78 Å². The molecule has 118 valence electrons. The summed E-state index contributed by atoms with van der Waals surface area (Å²) in [5, 5.41) is 20.9. The lowest BCUT2D eigenvalue weighted by molar-refractivity contribution is 0.135. The molecule has 6 nitrogen and oxygen atoms in total. The number of alkyl halides is 2. The topological polar surface area (TPSA) is 72.5 Å². The molecule has 0 unspecified atom stereocenters. The largest absolute Gasteiger partial charge is 0.504 e. The predicted molar refractivity (Wildman–Crippen MR) is 79.0 cm³/mol. The number of nitrogens with zero attached hydrogens (tertiary/aromatic N) is 4. The van der Waals surface area contributed by atoms with Crippen molar-refractivity contribution in [3.8, 4) is 11.5 Å². The van der Waals surface area contributed by atoms with Crippen LogP contribution in [0.2, 0.25) is 0 Å². The van der Waals surface area contributed by atoms with E-state index < -0.39 is 12.2 Å². The summed E-state index contributed by atoms with van der Waals surface area (Å²) in [6, 6.07) is 4.60. The van der Waals surface area contributed by atoms with Gasteiger partial charge in [0.15, 0.2) is 11.5 Å². The Morgan fingerprint density at radius 2 is 2.23 bits per heavy atom. The van der Waals surface area contributed by atoms with Gasteiger partial charge >= 0.3 is 0 Å². The van der Waals surface area contributed by atoms with Crippen LogP contribution in [-0.4, -0.2) is 39.1 Å². The van der Waals surface area contributed by atoms with Gasteiger partial charge in [-0.2, -0.15) is 9.78 Å². The number of hydrogen-bond acceptors (Lipinski definition) is 6. The molecule has 0 amide bonds. The Balaban J connectivity index is 2.32. The first-order valence-electron chi connectivity index (χ1n) is 6.34. The fourth-order valence-corrected chi connectivity index (χ4v) is 2.09. The van der Waals surface area contributed by atoms with Crippen molar-refractivity contribution in [1.29, 1.82) is 0 Å². The standard InChI is InChI=1S/C13H14F2N4O2S/c1-3-21-10-6-8(4-5-9(10)20)7-16-19-12(11(14)15)17-18-13(19)22-2/h4-7,11,20H,3H2,1-2H3. The van der Waals surface area contributed by atoms with E-state index in [1.165, 1.54) is 12.3 Å². The SMILES string of the molecule is CCOc1cc(C=Nn2c(SC)nnc2C(F)F)ccc1O. The molecule has 0 aliphatic carbocycles. The van der Waals surface area contributed by atoms with Gasteiger partial charge < -0.3 is 9.84 Å². The summed E-state index contributed by atoms with van der Waals surface area (Å²) in [5.74, 6) is -0.222. The Hall–Kier alpha value is -2.16. The molecule has 22 heavy (non-hydrogen) atoms. The third-order valence-corrected chi connectivity index (χ3v) is 3.24. The van der Waals surface area contributed by atoms with Gasteiger partial charge in [-0.25, -0.2) is 8.78 Å². The van der Waals surface area contributed by atoms with Crippen LogP contribution in [-0.2, 0) is 0 Å². The van der Waals surface area contributed by atoms with E-state index in [9.17, 15) is 13.9 Å². The first-order valence-corrected chi connectivity index (χ1v) is 7.57. The summed E-state index contributed by atoms with van der Waals surface area (Å²) in [5.41, 5.74) is 0.585. The third kappa shape index (κ3) is 3.53. The van der Waals surface area contributed by atoms with Crippen molar-refractivity contribution in [3.63, 3.8) is 0 Å². The van der Waals surface area contributed by atoms with Crippen molar-refractivity contribution >= 4 is 18.0 Å². The molecule has 0 aliphatic heterocycles. The van der Waals surface area contributed by atoms with E-state index in [1.54, 1.807) is 25.3 Å². The number of halogens is 2. The average molecular weight is 328 g/mol. The molecule has 0 radical (unpaired) electrons. The highest BCUT2D eigenvalue weighted by Gasteiger charge is 2.19. The van der Waals surface area contributed by atoms with Gasteiger partial charge in [-0.15, -0.1) is 10.2 Å². The average Bonchev–Trinajstić information content (AvgIpc) is 2.91. The molecule has 2 aromatic rings. The molecule has 0 fully saturated rings. The Bertz CT molecular complexity index is 676. The first-order chi connectivity index (χ1) is 10.6. The number of aromatic hydroxyl groups is 1. The lowest BCUT2D eigenvalue weighted by Crippen LogP contribution is -2.00. The van der Waals surface area contributed by atoms with E-state index in [1.807, 2.05) is 0 Å². The smallest absolute Gasteiger partial charge is 0.299 e. The fraction of sp³-hybridized carbons (Fsp3) is 0.308. The zero-order chi connectivity index (χ0) is 16.1. The second-order valence-electron chi connectivity index (χ2n) is 4.06. The van der Waals surface area contributed by atoms with Gasteiger partial charge in [0.25, 0.3) is 6.43 Å². The zero-order valence-corrected chi connectivity index (χ0v) is 12.7. The second-order valence-corrected chi connectivity index (χ2v) is 4.84. The van der Waals surface area contributed by atoms with E-state index in [2.05, 4.69) is 15.3 Å². The number of rotatable bonds is 6. The number of thioether (sulfide) groups is 1. The summed E-state index contributed by atoms with van der Waals surface area (Å²) >= 11 is 1.16. The minimum absolute atomic E-state index is 0.00127. The van der Waals surface area contributed by atoms with E-state index in [-0.39, 0.29) is 10.9 Å². The van der Waals surface area contributed by atoms with Crippen LogP contribution < -0.4 is 4.74 Å². The number of phenols is 1.